The van der Waals surface area contributed by atoms with Crippen molar-refractivity contribution in [2.24, 2.45) is 0 Å². The molecule has 2 aromatic heterocycles. The average molecular weight is 976 g/mol. The highest BCUT2D eigenvalue weighted by molar-refractivity contribution is 6.31. The second-order valence-electron chi connectivity index (χ2n) is 16.5. The largest absolute Gasteiger partial charge is 0.492 e. The van der Waals surface area contributed by atoms with Gasteiger partial charge in [0.05, 0.1) is 13.1 Å². The van der Waals surface area contributed by atoms with Gasteiger partial charge in [0.2, 0.25) is 0 Å². The predicted octanol–water partition coefficient (Wildman–Crippen LogP) is 7.53. The summed E-state index contributed by atoms with van der Waals surface area (Å²) >= 11 is 12.3. The molecule has 2 fully saturated rings. The van der Waals surface area contributed by atoms with Crippen LogP contribution in [0.25, 0.3) is 0 Å². The Morgan fingerprint density at radius 2 is 0.881 bits per heavy atom. The molecular weight excluding hydrogens is 911 g/mol. The number of para-hydroxylation sites is 2. The quantitative estimate of drug-likeness (QED) is 0.0762. The molecular formula is C50H65Cl3N10O4. The molecule has 0 radical (unpaired) electrons. The van der Waals surface area contributed by atoms with Crippen molar-refractivity contribution in [1.29, 1.82) is 0 Å². The Morgan fingerprint density at radius 3 is 1.24 bits per heavy atom. The zero-order valence-electron chi connectivity index (χ0n) is 38.8. The van der Waals surface area contributed by atoms with Gasteiger partial charge in [-0.1, -0.05) is 85.6 Å². The van der Waals surface area contributed by atoms with Gasteiger partial charge in [-0.2, -0.15) is 10.2 Å². The molecule has 0 aliphatic carbocycles. The number of anilines is 2. The molecule has 4 heterocycles. The number of halogens is 3. The summed E-state index contributed by atoms with van der Waals surface area (Å²) in [6.45, 7) is 17.1. The maximum absolute atomic E-state index is 12.9. The van der Waals surface area contributed by atoms with Crippen LogP contribution in [-0.4, -0.2) is 117 Å². The first kappa shape index (κ1) is 51.1. The minimum Gasteiger partial charge on any atom is -0.492 e. The zero-order chi connectivity index (χ0) is 46.1. The molecule has 0 amide bonds. The molecule has 67 heavy (non-hydrogen) atoms. The summed E-state index contributed by atoms with van der Waals surface area (Å²) in [5.74, 6) is 3.25. The molecule has 0 bridgehead atoms. The van der Waals surface area contributed by atoms with Gasteiger partial charge < -0.3 is 19.3 Å². The number of piperazine rings is 2. The zero-order valence-corrected chi connectivity index (χ0v) is 41.1. The Labute approximate surface area is 410 Å². The molecule has 0 unspecified atom stereocenters. The lowest BCUT2D eigenvalue weighted by molar-refractivity contribution is 0.248. The van der Waals surface area contributed by atoms with Gasteiger partial charge in [-0.3, -0.25) is 18.9 Å². The van der Waals surface area contributed by atoms with Crippen LogP contribution in [0.2, 0.25) is 10.0 Å². The van der Waals surface area contributed by atoms with E-state index in [4.69, 9.17) is 32.7 Å². The number of ether oxygens (including phenoxy) is 2. The van der Waals surface area contributed by atoms with Crippen molar-refractivity contribution in [3.8, 4) is 11.5 Å². The molecule has 0 N–H and O–H groups in total. The van der Waals surface area contributed by atoms with Gasteiger partial charge in [0.15, 0.2) is 0 Å². The van der Waals surface area contributed by atoms with E-state index in [2.05, 4.69) is 41.9 Å². The summed E-state index contributed by atoms with van der Waals surface area (Å²) in [5.41, 5.74) is 2.27. The van der Waals surface area contributed by atoms with Gasteiger partial charge in [-0.05, 0) is 73.5 Å². The fourth-order valence-corrected chi connectivity index (χ4v) is 8.84. The Hall–Kier alpha value is -5.25. The van der Waals surface area contributed by atoms with E-state index >= 15 is 0 Å². The number of aromatic nitrogens is 6. The summed E-state index contributed by atoms with van der Waals surface area (Å²) in [7, 11) is 0. The molecule has 6 aromatic rings. The van der Waals surface area contributed by atoms with Crippen LogP contribution in [0, 0.1) is 0 Å². The van der Waals surface area contributed by atoms with Crippen LogP contribution in [0.4, 0.5) is 11.4 Å². The van der Waals surface area contributed by atoms with Crippen LogP contribution in [-0.2, 0) is 39.0 Å². The van der Waals surface area contributed by atoms with Crippen LogP contribution in [0.1, 0.15) is 38.3 Å². The van der Waals surface area contributed by atoms with Crippen LogP contribution in [0.5, 0.6) is 11.5 Å². The number of aryl methyl sites for hydroxylation is 4. The van der Waals surface area contributed by atoms with Crippen molar-refractivity contribution >= 4 is 47.0 Å². The van der Waals surface area contributed by atoms with Gasteiger partial charge in [0, 0.05) is 113 Å². The first-order chi connectivity index (χ1) is 32.3. The van der Waals surface area contributed by atoms with Gasteiger partial charge in [0.25, 0.3) is 0 Å². The van der Waals surface area contributed by atoms with Crippen molar-refractivity contribution in [3.05, 3.63) is 152 Å². The minimum atomic E-state index is -0.0470. The summed E-state index contributed by atoms with van der Waals surface area (Å²) in [6, 6.07) is 35.4. The van der Waals surface area contributed by atoms with Crippen molar-refractivity contribution in [1.82, 2.24) is 38.5 Å². The molecule has 360 valence electrons. The van der Waals surface area contributed by atoms with E-state index in [1.54, 1.807) is 18.5 Å². The van der Waals surface area contributed by atoms with Gasteiger partial charge in [-0.15, -0.1) is 12.4 Å². The van der Waals surface area contributed by atoms with E-state index in [9.17, 15) is 9.59 Å². The number of nitrogens with zero attached hydrogens (tertiary/aromatic N) is 10. The summed E-state index contributed by atoms with van der Waals surface area (Å²) in [4.78, 5) is 35.4. The van der Waals surface area contributed by atoms with Gasteiger partial charge in [-0.25, -0.2) is 19.0 Å². The molecule has 2 aliphatic rings. The molecule has 0 spiro atoms. The highest BCUT2D eigenvalue weighted by Crippen LogP contribution is 2.22. The van der Waals surface area contributed by atoms with E-state index in [0.29, 0.717) is 39.4 Å². The average Bonchev–Trinajstić information content (AvgIpc) is 3.82. The highest BCUT2D eigenvalue weighted by atomic mass is 35.5. The van der Waals surface area contributed by atoms with Crippen molar-refractivity contribution in [2.75, 3.05) is 88.5 Å². The van der Waals surface area contributed by atoms with E-state index in [1.165, 1.54) is 11.4 Å². The maximum Gasteiger partial charge on any atom is 0.346 e. The van der Waals surface area contributed by atoms with E-state index in [1.807, 2.05) is 111 Å². The monoisotopic (exact) mass is 974 g/mol. The second kappa shape index (κ2) is 26.3. The first-order valence-corrected chi connectivity index (χ1v) is 24.2. The summed E-state index contributed by atoms with van der Waals surface area (Å²) in [5, 5.41) is 10.7. The maximum atomic E-state index is 12.9. The Morgan fingerprint density at radius 1 is 0.493 bits per heavy atom. The minimum absolute atomic E-state index is 0. The Balaban J connectivity index is 0.000000218. The molecule has 17 heteroatoms. The standard InChI is InChI=1S/2C25H32ClN5O2.ClH/c2*1-2-24-27-31(25(32)30(24)18-19-33-23-10-4-3-5-11-23)13-7-12-28-14-16-29(17-15-28)22-9-6-8-21(26)20-22;/h2*3-6,8-11,20H,2,7,12-19H2,1H3;1H. The SMILES string of the molecule is CCc1nn(CCCN2CCN(c3cccc(Cl)c3)CC2)c(=O)n1CCOc1ccccc1.CCc1nn(CCCN2CCN(c3cccc(Cl)c3)CC2)c(=O)n1CCOc1ccccc1.Cl. The molecule has 4 aromatic carbocycles. The first-order valence-electron chi connectivity index (χ1n) is 23.4. The Kier molecular flexibility index (Phi) is 20.1. The summed E-state index contributed by atoms with van der Waals surface area (Å²) < 4.78 is 18.2. The molecule has 2 saturated heterocycles. The third-order valence-electron chi connectivity index (χ3n) is 12.1. The highest BCUT2D eigenvalue weighted by Gasteiger charge is 2.20. The van der Waals surface area contributed by atoms with Crippen LogP contribution < -0.4 is 30.7 Å². The molecule has 2 aliphatic heterocycles. The van der Waals surface area contributed by atoms with Crippen LogP contribution in [0.15, 0.2) is 119 Å². The smallest absolute Gasteiger partial charge is 0.346 e. The summed E-state index contributed by atoms with van der Waals surface area (Å²) in [6.07, 6.45) is 3.24. The van der Waals surface area contributed by atoms with Crippen LogP contribution >= 0.6 is 35.6 Å². The van der Waals surface area contributed by atoms with Crippen molar-refractivity contribution in [2.45, 2.75) is 65.7 Å². The molecule has 14 nitrogen and oxygen atoms in total. The lowest BCUT2D eigenvalue weighted by Gasteiger charge is -2.36. The van der Waals surface area contributed by atoms with E-state index < -0.39 is 0 Å². The normalized spacial score (nSPS) is 14.3. The van der Waals surface area contributed by atoms with E-state index in [0.717, 1.165) is 124 Å². The number of hydrogen-bond acceptors (Lipinski definition) is 10. The van der Waals surface area contributed by atoms with Gasteiger partial charge >= 0.3 is 11.4 Å². The van der Waals surface area contributed by atoms with E-state index in [-0.39, 0.29) is 23.8 Å². The lowest BCUT2D eigenvalue weighted by atomic mass is 10.2. The predicted molar refractivity (Wildman–Crippen MR) is 272 cm³/mol. The molecule has 8 rings (SSSR count). The van der Waals surface area contributed by atoms with Gasteiger partial charge in [0.1, 0.15) is 36.4 Å². The third kappa shape index (κ3) is 14.9. The van der Waals surface area contributed by atoms with Crippen LogP contribution in [0.3, 0.4) is 0 Å². The van der Waals surface area contributed by atoms with Crippen molar-refractivity contribution in [3.63, 3.8) is 0 Å². The molecule has 0 atom stereocenters. The fourth-order valence-electron chi connectivity index (χ4n) is 8.47. The fraction of sp³-hybridized carbons (Fsp3) is 0.440. The second-order valence-corrected chi connectivity index (χ2v) is 17.4. The number of rotatable bonds is 20. The number of hydrogen-bond donors (Lipinski definition) is 0. The topological polar surface area (TPSA) is 111 Å². The Bertz CT molecular complexity index is 2330. The number of benzene rings is 4. The molecule has 0 saturated carbocycles. The van der Waals surface area contributed by atoms with Crippen molar-refractivity contribution < 1.29 is 9.47 Å². The third-order valence-corrected chi connectivity index (χ3v) is 12.5. The lowest BCUT2D eigenvalue weighted by Crippen LogP contribution is -2.46.